The molecule has 0 aromatic heterocycles. The molecule has 0 radical (unpaired) electrons. The fourth-order valence-corrected chi connectivity index (χ4v) is 3.84. The molecule has 2 unspecified atom stereocenters. The number of ether oxygens (including phenoxy) is 2. The number of hydrogen-bond donors (Lipinski definition) is 3. The molecule has 0 spiro atoms. The van der Waals surface area contributed by atoms with Crippen molar-refractivity contribution in [2.75, 3.05) is 20.3 Å². The molecule has 0 heterocycles. The van der Waals surface area contributed by atoms with Crippen molar-refractivity contribution in [3.8, 4) is 11.1 Å². The Morgan fingerprint density at radius 3 is 2.03 bits per heavy atom. The molecule has 1 aliphatic rings. The van der Waals surface area contributed by atoms with Crippen molar-refractivity contribution in [2.24, 2.45) is 0 Å². The van der Waals surface area contributed by atoms with Gasteiger partial charge in [-0.1, -0.05) is 48.5 Å². The van der Waals surface area contributed by atoms with Crippen molar-refractivity contribution in [3.05, 3.63) is 59.7 Å². The molecule has 182 valence electrons. The van der Waals surface area contributed by atoms with Gasteiger partial charge in [-0.15, -0.1) is 0 Å². The van der Waals surface area contributed by atoms with Crippen molar-refractivity contribution in [3.63, 3.8) is 0 Å². The lowest BCUT2D eigenvalue weighted by Crippen LogP contribution is -2.54. The molecule has 0 saturated carbocycles. The van der Waals surface area contributed by atoms with Gasteiger partial charge in [-0.2, -0.15) is 13.2 Å². The predicted molar refractivity (Wildman–Crippen MR) is 114 cm³/mol. The molecule has 2 amide bonds. The average molecular weight is 480 g/mol. The van der Waals surface area contributed by atoms with E-state index in [1.165, 1.54) is 7.11 Å². The number of carbonyl (C=O) groups excluding carboxylic acids is 2. The zero-order chi connectivity index (χ0) is 24.9. The molecule has 34 heavy (non-hydrogen) atoms. The Morgan fingerprint density at radius 2 is 1.53 bits per heavy atom. The van der Waals surface area contributed by atoms with Gasteiger partial charge in [0.05, 0.1) is 13.0 Å². The molecule has 2 aromatic carbocycles. The lowest BCUT2D eigenvalue weighted by molar-refractivity contribution is -0.160. The van der Waals surface area contributed by atoms with Crippen LogP contribution < -0.4 is 10.6 Å². The lowest BCUT2D eigenvalue weighted by atomic mass is 9.98. The molecule has 0 aliphatic heterocycles. The summed E-state index contributed by atoms with van der Waals surface area (Å²) in [6.45, 7) is -0.457. The molecule has 3 N–H and O–H groups in total. The monoisotopic (exact) mass is 480 g/mol. The van der Waals surface area contributed by atoms with Gasteiger partial charge in [-0.25, -0.2) is 9.59 Å². The maximum Gasteiger partial charge on any atom is 0.407 e. The highest BCUT2D eigenvalue weighted by molar-refractivity contribution is 5.89. The normalized spacial score (nSPS) is 14.5. The lowest BCUT2D eigenvalue weighted by Gasteiger charge is -2.22. The number of carboxylic acid groups (broad SMARTS) is 1. The zero-order valence-electron chi connectivity index (χ0n) is 18.1. The number of methoxy groups -OCH3 is 1. The standard InChI is InChI=1S/C23H23F3N2O6/c1-33-12-19(20(29)27-18(21(30)31)10-23(24,25)26)28-22(32)34-11-17-15-8-4-2-6-13(15)14-7-3-5-9-16(14)17/h2-9,17-19H,10-12H2,1H3,(H,27,29)(H,28,32)(H,30,31). The summed E-state index contributed by atoms with van der Waals surface area (Å²) < 4.78 is 48.0. The minimum atomic E-state index is -4.81. The summed E-state index contributed by atoms with van der Waals surface area (Å²) in [4.78, 5) is 35.9. The van der Waals surface area contributed by atoms with Crippen molar-refractivity contribution >= 4 is 18.0 Å². The molecule has 0 saturated heterocycles. The van der Waals surface area contributed by atoms with E-state index in [1.807, 2.05) is 48.5 Å². The topological polar surface area (TPSA) is 114 Å². The number of alkyl carbamates (subject to hydrolysis) is 1. The maximum atomic E-state index is 12.6. The number of benzene rings is 2. The van der Waals surface area contributed by atoms with Gasteiger partial charge in [0.2, 0.25) is 5.91 Å². The summed E-state index contributed by atoms with van der Waals surface area (Å²) >= 11 is 0. The number of fused-ring (bicyclic) bond motifs is 3. The van der Waals surface area contributed by atoms with Gasteiger partial charge in [-0.05, 0) is 22.3 Å². The quantitative estimate of drug-likeness (QED) is 0.509. The Balaban J connectivity index is 1.64. The number of carboxylic acids is 1. The van der Waals surface area contributed by atoms with Crippen LogP contribution in [0.1, 0.15) is 23.5 Å². The molecular weight excluding hydrogens is 457 g/mol. The van der Waals surface area contributed by atoms with Crippen LogP contribution in [0, 0.1) is 0 Å². The molecule has 0 bridgehead atoms. The number of halogens is 3. The third kappa shape index (κ3) is 6.04. The van der Waals surface area contributed by atoms with Crippen LogP contribution >= 0.6 is 0 Å². The summed E-state index contributed by atoms with van der Waals surface area (Å²) in [5, 5.41) is 13.0. The molecular formula is C23H23F3N2O6. The zero-order valence-corrected chi connectivity index (χ0v) is 18.1. The fourth-order valence-electron chi connectivity index (χ4n) is 3.84. The van der Waals surface area contributed by atoms with E-state index in [-0.39, 0.29) is 12.5 Å². The van der Waals surface area contributed by atoms with E-state index >= 15 is 0 Å². The van der Waals surface area contributed by atoms with Crippen LogP contribution in [0.4, 0.5) is 18.0 Å². The molecule has 11 heteroatoms. The SMILES string of the molecule is COCC(NC(=O)OCC1c2ccccc2-c2ccccc21)C(=O)NC(CC(F)(F)F)C(=O)O. The first-order valence-electron chi connectivity index (χ1n) is 10.3. The Morgan fingerprint density at radius 1 is 0.971 bits per heavy atom. The maximum absolute atomic E-state index is 12.6. The minimum absolute atomic E-state index is 0.0486. The van der Waals surface area contributed by atoms with E-state index in [0.717, 1.165) is 22.3 Å². The van der Waals surface area contributed by atoms with E-state index in [1.54, 1.807) is 5.32 Å². The van der Waals surface area contributed by atoms with Gasteiger partial charge in [0.1, 0.15) is 18.7 Å². The molecule has 0 fully saturated rings. The molecule has 2 aromatic rings. The molecule has 3 rings (SSSR count). The Labute approximate surface area is 193 Å². The Kier molecular flexibility index (Phi) is 7.77. The Bertz CT molecular complexity index is 1010. The van der Waals surface area contributed by atoms with Crippen LogP contribution in [-0.4, -0.2) is 61.7 Å². The largest absolute Gasteiger partial charge is 0.480 e. The highest BCUT2D eigenvalue weighted by Gasteiger charge is 2.37. The molecule has 8 nitrogen and oxygen atoms in total. The number of carbonyl (C=O) groups is 3. The average Bonchev–Trinajstić information content (AvgIpc) is 3.09. The number of rotatable bonds is 9. The second-order valence-corrected chi connectivity index (χ2v) is 7.70. The Hall–Kier alpha value is -3.60. The van der Waals surface area contributed by atoms with E-state index in [0.29, 0.717) is 0 Å². The van der Waals surface area contributed by atoms with Crippen LogP contribution in [0.5, 0.6) is 0 Å². The van der Waals surface area contributed by atoms with Gasteiger partial charge in [0.25, 0.3) is 0 Å². The van der Waals surface area contributed by atoms with E-state index < -0.39 is 49.3 Å². The predicted octanol–water partition coefficient (Wildman–Crippen LogP) is 3.06. The van der Waals surface area contributed by atoms with Crippen molar-refractivity contribution in [1.82, 2.24) is 10.6 Å². The summed E-state index contributed by atoms with van der Waals surface area (Å²) in [7, 11) is 1.21. The first-order chi connectivity index (χ1) is 16.1. The van der Waals surface area contributed by atoms with Crippen LogP contribution in [0.15, 0.2) is 48.5 Å². The molecule has 1 aliphatic carbocycles. The van der Waals surface area contributed by atoms with E-state index in [4.69, 9.17) is 14.6 Å². The second kappa shape index (κ2) is 10.6. The van der Waals surface area contributed by atoms with Crippen LogP contribution in [0.3, 0.4) is 0 Å². The summed E-state index contributed by atoms with van der Waals surface area (Å²) in [5.41, 5.74) is 3.99. The number of amides is 2. The van der Waals surface area contributed by atoms with Crippen LogP contribution in [-0.2, 0) is 19.1 Å². The van der Waals surface area contributed by atoms with Gasteiger partial charge in [-0.3, -0.25) is 4.79 Å². The third-order valence-electron chi connectivity index (χ3n) is 5.34. The highest BCUT2D eigenvalue weighted by atomic mass is 19.4. The smallest absolute Gasteiger partial charge is 0.407 e. The summed E-state index contributed by atoms with van der Waals surface area (Å²) in [5.74, 6) is -3.24. The first kappa shape index (κ1) is 25.0. The van der Waals surface area contributed by atoms with Gasteiger partial charge in [0.15, 0.2) is 0 Å². The van der Waals surface area contributed by atoms with Crippen molar-refractivity contribution in [2.45, 2.75) is 30.6 Å². The minimum Gasteiger partial charge on any atom is -0.480 e. The number of hydrogen-bond acceptors (Lipinski definition) is 5. The summed E-state index contributed by atoms with van der Waals surface area (Å²) in [6, 6.07) is 11.7. The van der Waals surface area contributed by atoms with Crippen LogP contribution in [0.2, 0.25) is 0 Å². The molecule has 2 atom stereocenters. The van der Waals surface area contributed by atoms with Crippen LogP contribution in [0.25, 0.3) is 11.1 Å². The van der Waals surface area contributed by atoms with Gasteiger partial charge in [0, 0.05) is 13.0 Å². The van der Waals surface area contributed by atoms with E-state index in [2.05, 4.69) is 5.32 Å². The summed E-state index contributed by atoms with van der Waals surface area (Å²) in [6.07, 6.45) is -7.58. The van der Waals surface area contributed by atoms with E-state index in [9.17, 15) is 27.6 Å². The fraction of sp³-hybridized carbons (Fsp3) is 0.348. The van der Waals surface area contributed by atoms with Crippen molar-refractivity contribution < 1.29 is 42.1 Å². The first-order valence-corrected chi connectivity index (χ1v) is 10.3. The van der Waals surface area contributed by atoms with Crippen molar-refractivity contribution in [1.29, 1.82) is 0 Å². The van der Waals surface area contributed by atoms with Gasteiger partial charge < -0.3 is 25.2 Å². The number of alkyl halides is 3. The second-order valence-electron chi connectivity index (χ2n) is 7.70. The number of nitrogens with one attached hydrogen (secondary N) is 2. The van der Waals surface area contributed by atoms with Gasteiger partial charge >= 0.3 is 18.2 Å². The number of aliphatic carboxylic acids is 1. The highest BCUT2D eigenvalue weighted by Crippen LogP contribution is 2.44. The third-order valence-corrected chi connectivity index (χ3v) is 5.34.